The summed E-state index contributed by atoms with van der Waals surface area (Å²) in [5.41, 5.74) is 3.19. The fraction of sp³-hybridized carbons (Fsp3) is 0.0526. The van der Waals surface area contributed by atoms with Gasteiger partial charge in [-0.1, -0.05) is 59.9 Å². The molecular weight excluding hydrogens is 344 g/mol. The minimum atomic E-state index is 0.577. The van der Waals surface area contributed by atoms with Gasteiger partial charge in [-0.05, 0) is 23.8 Å². The first-order valence-electron chi connectivity index (χ1n) is 8.21. The molecule has 6 nitrogen and oxygen atoms in total. The third kappa shape index (κ3) is 2.68. The van der Waals surface area contributed by atoms with Gasteiger partial charge in [-0.15, -0.1) is 10.2 Å². The fourth-order valence-corrected chi connectivity index (χ4v) is 3.62. The minimum absolute atomic E-state index is 0.577. The lowest BCUT2D eigenvalue weighted by Gasteiger charge is -2.00. The highest BCUT2D eigenvalue weighted by Gasteiger charge is 2.12. The Hall–Kier alpha value is -3.32. The summed E-state index contributed by atoms with van der Waals surface area (Å²) in [6, 6.07) is 18.2. The average Bonchev–Trinajstić information content (AvgIpc) is 3.37. The van der Waals surface area contributed by atoms with E-state index >= 15 is 0 Å². The summed E-state index contributed by atoms with van der Waals surface area (Å²) < 4.78 is 3.87. The molecule has 0 aliphatic rings. The summed E-state index contributed by atoms with van der Waals surface area (Å²) in [5.74, 6) is 0.791. The zero-order valence-corrected chi connectivity index (χ0v) is 14.5. The Morgan fingerprint density at radius 1 is 0.923 bits per heavy atom. The highest BCUT2D eigenvalue weighted by atomic mass is 32.1. The van der Waals surface area contributed by atoms with Crippen molar-refractivity contribution in [2.24, 2.45) is 0 Å². The molecule has 0 saturated heterocycles. The fourth-order valence-electron chi connectivity index (χ4n) is 2.86. The summed E-state index contributed by atoms with van der Waals surface area (Å²) in [6.07, 6.45) is 5.88. The van der Waals surface area contributed by atoms with Crippen molar-refractivity contribution < 1.29 is 0 Å². The standard InChI is InChI=1S/C19H14N6S/c1-2-6-14(7-3-1)10-11-18-23-25-17(21-22-19(25)26-18)12-24-13-20-15-8-4-5-9-16(15)24/h1-11,13H,12H2. The van der Waals surface area contributed by atoms with Crippen LogP contribution in [-0.2, 0) is 6.54 Å². The molecule has 2 aromatic carbocycles. The van der Waals surface area contributed by atoms with Gasteiger partial charge in [0.05, 0.1) is 23.9 Å². The van der Waals surface area contributed by atoms with E-state index in [0.29, 0.717) is 6.54 Å². The summed E-state index contributed by atoms with van der Waals surface area (Å²) in [4.78, 5) is 5.21. The Morgan fingerprint density at radius 3 is 2.69 bits per heavy atom. The van der Waals surface area contributed by atoms with E-state index in [-0.39, 0.29) is 0 Å². The van der Waals surface area contributed by atoms with Crippen molar-refractivity contribution in [2.45, 2.75) is 6.54 Å². The number of imidazole rings is 1. The van der Waals surface area contributed by atoms with Crippen LogP contribution in [0.25, 0.3) is 28.1 Å². The number of aromatic nitrogens is 6. The van der Waals surface area contributed by atoms with Crippen LogP contribution in [0.1, 0.15) is 16.4 Å². The van der Waals surface area contributed by atoms with E-state index in [4.69, 9.17) is 0 Å². The quantitative estimate of drug-likeness (QED) is 0.491. The van der Waals surface area contributed by atoms with Gasteiger partial charge in [-0.3, -0.25) is 0 Å². The van der Waals surface area contributed by atoms with Gasteiger partial charge in [-0.25, -0.2) is 4.98 Å². The van der Waals surface area contributed by atoms with E-state index in [2.05, 4.69) is 49.1 Å². The van der Waals surface area contributed by atoms with Crippen LogP contribution in [0.5, 0.6) is 0 Å². The van der Waals surface area contributed by atoms with Crippen molar-refractivity contribution in [3.05, 3.63) is 77.3 Å². The molecule has 26 heavy (non-hydrogen) atoms. The Labute approximate surface area is 153 Å². The van der Waals surface area contributed by atoms with Crippen LogP contribution < -0.4 is 0 Å². The van der Waals surface area contributed by atoms with Crippen LogP contribution in [0.3, 0.4) is 0 Å². The predicted molar refractivity (Wildman–Crippen MR) is 103 cm³/mol. The molecular formula is C19H14N6S. The maximum atomic E-state index is 4.64. The molecule has 0 N–H and O–H groups in total. The van der Waals surface area contributed by atoms with Gasteiger partial charge in [0.1, 0.15) is 5.01 Å². The average molecular weight is 358 g/mol. The molecule has 5 rings (SSSR count). The number of nitrogens with zero attached hydrogens (tertiary/aromatic N) is 6. The van der Waals surface area contributed by atoms with Gasteiger partial charge >= 0.3 is 0 Å². The van der Waals surface area contributed by atoms with Crippen molar-refractivity contribution >= 4 is 39.5 Å². The number of hydrogen-bond acceptors (Lipinski definition) is 5. The monoisotopic (exact) mass is 358 g/mol. The van der Waals surface area contributed by atoms with E-state index in [1.807, 2.05) is 53.3 Å². The zero-order chi connectivity index (χ0) is 17.3. The van der Waals surface area contributed by atoms with Gasteiger partial charge in [0.15, 0.2) is 5.82 Å². The van der Waals surface area contributed by atoms with Crippen molar-refractivity contribution in [3.63, 3.8) is 0 Å². The third-order valence-electron chi connectivity index (χ3n) is 4.13. The van der Waals surface area contributed by atoms with Crippen molar-refractivity contribution in [1.82, 2.24) is 29.4 Å². The second kappa shape index (κ2) is 6.20. The number of fused-ring (bicyclic) bond motifs is 2. The number of hydrogen-bond donors (Lipinski definition) is 0. The molecule has 0 radical (unpaired) electrons. The first-order chi connectivity index (χ1) is 12.9. The molecule has 0 saturated carbocycles. The molecule has 0 unspecified atom stereocenters. The minimum Gasteiger partial charge on any atom is -0.323 e. The Balaban J connectivity index is 1.46. The topological polar surface area (TPSA) is 60.9 Å². The molecule has 0 aliphatic carbocycles. The molecule has 0 bridgehead atoms. The number of rotatable bonds is 4. The summed E-state index contributed by atoms with van der Waals surface area (Å²) in [7, 11) is 0. The van der Waals surface area contributed by atoms with Gasteiger partial charge in [0, 0.05) is 0 Å². The van der Waals surface area contributed by atoms with Gasteiger partial charge in [0.25, 0.3) is 0 Å². The lowest BCUT2D eigenvalue weighted by Crippen LogP contribution is -2.04. The Kier molecular flexibility index (Phi) is 3.57. The smallest absolute Gasteiger partial charge is 0.235 e. The SMILES string of the molecule is C(=Cc1nn2c(Cn3cnc4ccccc43)nnc2s1)c1ccccc1. The second-order valence-corrected chi connectivity index (χ2v) is 6.84. The number of benzene rings is 2. The second-order valence-electron chi connectivity index (χ2n) is 5.86. The van der Waals surface area contributed by atoms with Gasteiger partial charge in [0.2, 0.25) is 4.96 Å². The van der Waals surface area contributed by atoms with Crippen LogP contribution in [0, 0.1) is 0 Å². The van der Waals surface area contributed by atoms with E-state index in [1.165, 1.54) is 11.3 Å². The highest BCUT2D eigenvalue weighted by Crippen LogP contribution is 2.18. The summed E-state index contributed by atoms with van der Waals surface area (Å²) >= 11 is 1.52. The molecule has 0 fully saturated rings. The molecule has 3 heterocycles. The first-order valence-corrected chi connectivity index (χ1v) is 9.02. The normalized spacial score (nSPS) is 11.8. The lowest BCUT2D eigenvalue weighted by molar-refractivity contribution is 0.725. The lowest BCUT2D eigenvalue weighted by atomic mass is 10.2. The molecule has 0 amide bonds. The van der Waals surface area contributed by atoms with E-state index < -0.39 is 0 Å². The molecule has 0 atom stereocenters. The van der Waals surface area contributed by atoms with Gasteiger partial charge in [-0.2, -0.15) is 9.61 Å². The predicted octanol–water partition coefficient (Wildman–Crippen LogP) is 3.75. The largest absolute Gasteiger partial charge is 0.323 e. The van der Waals surface area contributed by atoms with E-state index in [0.717, 1.165) is 32.4 Å². The van der Waals surface area contributed by atoms with Crippen LogP contribution in [0.4, 0.5) is 0 Å². The van der Waals surface area contributed by atoms with Crippen LogP contribution in [0.15, 0.2) is 60.9 Å². The maximum absolute atomic E-state index is 4.64. The van der Waals surface area contributed by atoms with Gasteiger partial charge < -0.3 is 4.57 Å². The zero-order valence-electron chi connectivity index (χ0n) is 13.7. The maximum Gasteiger partial charge on any atom is 0.235 e. The molecule has 5 aromatic rings. The highest BCUT2D eigenvalue weighted by molar-refractivity contribution is 7.17. The van der Waals surface area contributed by atoms with E-state index in [1.54, 1.807) is 0 Å². The Bertz CT molecular complexity index is 1210. The molecule has 7 heteroatoms. The Morgan fingerprint density at radius 2 is 1.77 bits per heavy atom. The van der Waals surface area contributed by atoms with Crippen molar-refractivity contribution in [3.8, 4) is 0 Å². The summed E-state index contributed by atoms with van der Waals surface area (Å²) in [6.45, 7) is 0.577. The van der Waals surface area contributed by atoms with Crippen LogP contribution in [-0.4, -0.2) is 29.4 Å². The molecule has 0 spiro atoms. The third-order valence-corrected chi connectivity index (χ3v) is 4.99. The van der Waals surface area contributed by atoms with Crippen LogP contribution in [0.2, 0.25) is 0 Å². The van der Waals surface area contributed by atoms with Crippen LogP contribution >= 0.6 is 11.3 Å². The summed E-state index contributed by atoms with van der Waals surface area (Å²) in [5, 5.41) is 14.1. The van der Waals surface area contributed by atoms with E-state index in [9.17, 15) is 0 Å². The van der Waals surface area contributed by atoms with Crippen molar-refractivity contribution in [2.75, 3.05) is 0 Å². The number of para-hydroxylation sites is 2. The molecule has 3 aromatic heterocycles. The molecule has 0 aliphatic heterocycles. The van der Waals surface area contributed by atoms with Crippen molar-refractivity contribution in [1.29, 1.82) is 0 Å². The first kappa shape index (κ1) is 15.0. The molecule has 126 valence electrons.